The molecule has 1 saturated heterocycles. The van der Waals surface area contributed by atoms with Crippen LogP contribution >= 0.6 is 0 Å². The average molecular weight is 374 g/mol. The number of carbonyl (C=O) groups excluding carboxylic acids is 1. The van der Waals surface area contributed by atoms with E-state index in [9.17, 15) is 4.79 Å². The van der Waals surface area contributed by atoms with E-state index in [1.54, 1.807) is 0 Å². The minimum absolute atomic E-state index is 0.0131. The lowest BCUT2D eigenvalue weighted by Gasteiger charge is -2.31. The standard InChI is InChI=1S/C21H35N5O/c1-4-16(3)25-21(23-5-2)24-13-17-8-6-9-18(12-17)14-26-11-7-10-19(15-26)20(22)27/h6,8-9,12,16,19H,4-5,7,10-11,13-15H2,1-3H3,(H2,22,27)(H2,23,24,25). The smallest absolute Gasteiger partial charge is 0.221 e. The number of primary amides is 1. The van der Waals surface area contributed by atoms with Crippen LogP contribution in [0.25, 0.3) is 0 Å². The van der Waals surface area contributed by atoms with E-state index in [2.05, 4.69) is 60.6 Å². The second kappa shape index (κ2) is 10.9. The van der Waals surface area contributed by atoms with Gasteiger partial charge in [0.15, 0.2) is 5.96 Å². The van der Waals surface area contributed by atoms with Crippen molar-refractivity contribution in [2.45, 2.75) is 59.2 Å². The summed E-state index contributed by atoms with van der Waals surface area (Å²) in [6.45, 7) is 10.5. The number of nitrogens with one attached hydrogen (secondary N) is 2. The van der Waals surface area contributed by atoms with Crippen LogP contribution in [0, 0.1) is 5.92 Å². The van der Waals surface area contributed by atoms with Gasteiger partial charge in [0.2, 0.25) is 5.91 Å². The zero-order chi connectivity index (χ0) is 19.6. The van der Waals surface area contributed by atoms with E-state index < -0.39 is 0 Å². The fraction of sp³-hybridized carbons (Fsp3) is 0.619. The molecule has 2 unspecified atom stereocenters. The summed E-state index contributed by atoms with van der Waals surface area (Å²) >= 11 is 0. The Hall–Kier alpha value is -2.08. The number of benzene rings is 1. The third-order valence-electron chi connectivity index (χ3n) is 5.06. The molecule has 1 aliphatic heterocycles. The molecule has 0 saturated carbocycles. The molecule has 6 nitrogen and oxygen atoms in total. The molecule has 2 rings (SSSR count). The summed E-state index contributed by atoms with van der Waals surface area (Å²) < 4.78 is 0. The van der Waals surface area contributed by atoms with Gasteiger partial charge in [-0.1, -0.05) is 31.2 Å². The topological polar surface area (TPSA) is 82.8 Å². The summed E-state index contributed by atoms with van der Waals surface area (Å²) in [7, 11) is 0. The Morgan fingerprint density at radius 3 is 2.85 bits per heavy atom. The SMILES string of the molecule is CCNC(=NCc1cccc(CN2CCCC(C(N)=O)C2)c1)NC(C)CC. The highest BCUT2D eigenvalue weighted by Crippen LogP contribution is 2.19. The zero-order valence-electron chi connectivity index (χ0n) is 17.0. The number of nitrogens with two attached hydrogens (primary N) is 1. The quantitative estimate of drug-likeness (QED) is 0.482. The predicted octanol–water partition coefficient (Wildman–Crippen LogP) is 2.24. The van der Waals surface area contributed by atoms with Crippen LogP contribution in [0.15, 0.2) is 29.3 Å². The molecule has 1 heterocycles. The van der Waals surface area contributed by atoms with Gasteiger partial charge in [0.1, 0.15) is 0 Å². The van der Waals surface area contributed by atoms with E-state index in [0.717, 1.165) is 51.4 Å². The lowest BCUT2D eigenvalue weighted by Crippen LogP contribution is -2.41. The average Bonchev–Trinajstić information content (AvgIpc) is 2.66. The summed E-state index contributed by atoms with van der Waals surface area (Å²) in [6.07, 6.45) is 3.00. The highest BCUT2D eigenvalue weighted by atomic mass is 16.1. The van der Waals surface area contributed by atoms with E-state index in [4.69, 9.17) is 10.7 Å². The number of nitrogens with zero attached hydrogens (tertiary/aromatic N) is 2. The van der Waals surface area contributed by atoms with E-state index in [1.165, 1.54) is 11.1 Å². The Morgan fingerprint density at radius 1 is 1.37 bits per heavy atom. The van der Waals surface area contributed by atoms with Crippen molar-refractivity contribution in [2.24, 2.45) is 16.6 Å². The Balaban J connectivity index is 1.97. The normalized spacial score (nSPS) is 19.5. The van der Waals surface area contributed by atoms with Gasteiger partial charge in [-0.25, -0.2) is 4.99 Å². The molecule has 1 fully saturated rings. The van der Waals surface area contributed by atoms with Gasteiger partial charge in [-0.05, 0) is 50.8 Å². The van der Waals surface area contributed by atoms with Gasteiger partial charge in [0.05, 0.1) is 12.5 Å². The number of aliphatic imine (C=N–C) groups is 1. The van der Waals surface area contributed by atoms with Crippen LogP contribution in [0.5, 0.6) is 0 Å². The van der Waals surface area contributed by atoms with Crippen LogP contribution in [0.1, 0.15) is 51.2 Å². The molecule has 0 spiro atoms. The fourth-order valence-corrected chi connectivity index (χ4v) is 3.34. The summed E-state index contributed by atoms with van der Waals surface area (Å²) in [6, 6.07) is 8.95. The highest BCUT2D eigenvalue weighted by molar-refractivity contribution is 5.80. The first-order valence-electron chi connectivity index (χ1n) is 10.2. The van der Waals surface area contributed by atoms with E-state index >= 15 is 0 Å². The van der Waals surface area contributed by atoms with Gasteiger partial charge in [-0.2, -0.15) is 0 Å². The van der Waals surface area contributed by atoms with Crippen LogP contribution in [0.2, 0.25) is 0 Å². The minimum atomic E-state index is -0.174. The van der Waals surface area contributed by atoms with Crippen molar-refractivity contribution in [1.29, 1.82) is 0 Å². The molecule has 6 heteroatoms. The van der Waals surface area contributed by atoms with Crippen molar-refractivity contribution in [2.75, 3.05) is 19.6 Å². The molecule has 1 amide bonds. The second-order valence-electron chi connectivity index (χ2n) is 7.45. The van der Waals surface area contributed by atoms with Crippen molar-refractivity contribution < 1.29 is 4.79 Å². The molecule has 1 aromatic carbocycles. The molecule has 0 bridgehead atoms. The Kier molecular flexibility index (Phi) is 8.58. The minimum Gasteiger partial charge on any atom is -0.369 e. The molecular formula is C21H35N5O. The van der Waals surface area contributed by atoms with Crippen molar-refractivity contribution in [3.8, 4) is 0 Å². The lowest BCUT2D eigenvalue weighted by molar-refractivity contribution is -0.123. The van der Waals surface area contributed by atoms with Gasteiger partial charge in [-0.3, -0.25) is 9.69 Å². The summed E-state index contributed by atoms with van der Waals surface area (Å²) in [5, 5.41) is 6.72. The summed E-state index contributed by atoms with van der Waals surface area (Å²) in [5.41, 5.74) is 7.94. The Labute approximate surface area is 163 Å². The molecule has 4 N–H and O–H groups in total. The molecule has 0 aromatic heterocycles. The maximum atomic E-state index is 11.5. The molecule has 150 valence electrons. The number of piperidine rings is 1. The maximum absolute atomic E-state index is 11.5. The van der Waals surface area contributed by atoms with Crippen molar-refractivity contribution >= 4 is 11.9 Å². The van der Waals surface area contributed by atoms with Crippen LogP contribution in [0.4, 0.5) is 0 Å². The number of likely N-dealkylation sites (tertiary alicyclic amines) is 1. The number of guanidine groups is 1. The van der Waals surface area contributed by atoms with Gasteiger partial charge in [-0.15, -0.1) is 0 Å². The number of hydrogen-bond acceptors (Lipinski definition) is 3. The van der Waals surface area contributed by atoms with Crippen LogP contribution in [-0.2, 0) is 17.9 Å². The molecule has 1 aromatic rings. The van der Waals surface area contributed by atoms with Gasteiger partial charge < -0.3 is 16.4 Å². The molecular weight excluding hydrogens is 338 g/mol. The largest absolute Gasteiger partial charge is 0.369 e. The predicted molar refractivity (Wildman–Crippen MR) is 111 cm³/mol. The summed E-state index contributed by atoms with van der Waals surface area (Å²) in [5.74, 6) is 0.672. The fourth-order valence-electron chi connectivity index (χ4n) is 3.34. The number of rotatable bonds is 8. The maximum Gasteiger partial charge on any atom is 0.221 e. The van der Waals surface area contributed by atoms with Crippen molar-refractivity contribution in [3.63, 3.8) is 0 Å². The number of amides is 1. The molecule has 0 radical (unpaired) electrons. The van der Waals surface area contributed by atoms with Gasteiger partial charge >= 0.3 is 0 Å². The first kappa shape index (κ1) is 21.2. The summed E-state index contributed by atoms with van der Waals surface area (Å²) in [4.78, 5) is 18.5. The van der Waals surface area contributed by atoms with Gasteiger partial charge in [0.25, 0.3) is 0 Å². The molecule has 27 heavy (non-hydrogen) atoms. The first-order valence-corrected chi connectivity index (χ1v) is 10.2. The number of carbonyl (C=O) groups is 1. The molecule has 1 aliphatic rings. The zero-order valence-corrected chi connectivity index (χ0v) is 17.0. The highest BCUT2D eigenvalue weighted by Gasteiger charge is 2.23. The van der Waals surface area contributed by atoms with Crippen LogP contribution < -0.4 is 16.4 Å². The van der Waals surface area contributed by atoms with E-state index in [1.807, 2.05) is 0 Å². The van der Waals surface area contributed by atoms with Gasteiger partial charge in [0, 0.05) is 25.7 Å². The molecule has 0 aliphatic carbocycles. The Morgan fingerprint density at radius 2 is 2.15 bits per heavy atom. The van der Waals surface area contributed by atoms with Crippen LogP contribution in [0.3, 0.4) is 0 Å². The third kappa shape index (κ3) is 7.21. The monoisotopic (exact) mass is 373 g/mol. The van der Waals surface area contributed by atoms with Crippen LogP contribution in [-0.4, -0.2) is 42.4 Å². The second-order valence-corrected chi connectivity index (χ2v) is 7.45. The number of hydrogen-bond donors (Lipinski definition) is 3. The molecule has 2 atom stereocenters. The van der Waals surface area contributed by atoms with Crippen molar-refractivity contribution in [3.05, 3.63) is 35.4 Å². The third-order valence-corrected chi connectivity index (χ3v) is 5.06. The lowest BCUT2D eigenvalue weighted by atomic mass is 9.97. The van der Waals surface area contributed by atoms with E-state index in [-0.39, 0.29) is 11.8 Å². The van der Waals surface area contributed by atoms with E-state index in [0.29, 0.717) is 12.6 Å². The van der Waals surface area contributed by atoms with Crippen molar-refractivity contribution in [1.82, 2.24) is 15.5 Å². The first-order chi connectivity index (χ1) is 13.0. The Bertz CT molecular complexity index is 631.